The van der Waals surface area contributed by atoms with E-state index in [2.05, 4.69) is 32.1 Å². The largest absolute Gasteiger partial charge is 0.508 e. The van der Waals surface area contributed by atoms with E-state index in [1.165, 1.54) is 11.6 Å². The number of rotatable bonds is 5. The van der Waals surface area contributed by atoms with E-state index in [1.54, 1.807) is 18.2 Å². The molecular weight excluding hydrogens is 368 g/mol. The molecule has 0 spiro atoms. The van der Waals surface area contributed by atoms with Gasteiger partial charge in [-0.3, -0.25) is 4.90 Å². The molecule has 0 unspecified atom stereocenters. The van der Waals surface area contributed by atoms with Gasteiger partial charge in [0, 0.05) is 32.7 Å². The summed E-state index contributed by atoms with van der Waals surface area (Å²) < 4.78 is 0. The Morgan fingerprint density at radius 3 is 2.41 bits per heavy atom. The molecule has 2 heterocycles. The van der Waals surface area contributed by atoms with Crippen molar-refractivity contribution in [3.63, 3.8) is 0 Å². The van der Waals surface area contributed by atoms with E-state index >= 15 is 0 Å². The van der Waals surface area contributed by atoms with Crippen LogP contribution in [0, 0.1) is 0 Å². The van der Waals surface area contributed by atoms with Crippen LogP contribution in [0.3, 0.4) is 0 Å². The number of benzene rings is 2. The maximum atomic E-state index is 10.9. The molecule has 1 aliphatic heterocycles. The minimum atomic E-state index is -1.07. The van der Waals surface area contributed by atoms with Crippen molar-refractivity contribution in [1.82, 2.24) is 15.1 Å². The number of hydrogen-bond donors (Lipinski definition) is 2. The van der Waals surface area contributed by atoms with Crippen molar-refractivity contribution in [2.75, 3.05) is 31.1 Å². The van der Waals surface area contributed by atoms with E-state index in [0.29, 0.717) is 5.82 Å². The average molecular weight is 390 g/mol. The van der Waals surface area contributed by atoms with Crippen LogP contribution in [-0.4, -0.2) is 57.5 Å². The fourth-order valence-electron chi connectivity index (χ4n) is 3.60. The molecule has 1 saturated heterocycles. The second-order valence-electron chi connectivity index (χ2n) is 7.05. The van der Waals surface area contributed by atoms with Crippen LogP contribution in [0.1, 0.15) is 16.1 Å². The molecule has 0 saturated carbocycles. The number of carboxylic acid groups (broad SMARTS) is 1. The first-order valence-corrected chi connectivity index (χ1v) is 9.52. The van der Waals surface area contributed by atoms with Gasteiger partial charge in [-0.15, -0.1) is 10.2 Å². The number of aromatic hydroxyl groups is 1. The molecule has 2 aromatic carbocycles. The number of aromatic nitrogens is 2. The van der Waals surface area contributed by atoms with Gasteiger partial charge in [-0.2, -0.15) is 0 Å². The van der Waals surface area contributed by atoms with Crippen molar-refractivity contribution in [3.8, 4) is 16.9 Å². The average Bonchev–Trinajstić information content (AvgIpc) is 2.75. The Morgan fingerprint density at radius 2 is 1.72 bits per heavy atom. The Kier molecular flexibility index (Phi) is 5.39. The lowest BCUT2D eigenvalue weighted by Gasteiger charge is -2.35. The summed E-state index contributed by atoms with van der Waals surface area (Å²) in [5.74, 6) is -0.102. The lowest BCUT2D eigenvalue weighted by atomic mass is 9.99. The van der Waals surface area contributed by atoms with E-state index in [0.717, 1.165) is 43.9 Å². The summed E-state index contributed by atoms with van der Waals surface area (Å²) in [7, 11) is 0. The van der Waals surface area contributed by atoms with Crippen molar-refractivity contribution >= 4 is 11.8 Å². The van der Waals surface area contributed by atoms with Gasteiger partial charge in [0.25, 0.3) is 0 Å². The molecular formula is C22H22N4O3. The number of nitrogens with zero attached hydrogens (tertiary/aromatic N) is 4. The van der Waals surface area contributed by atoms with Gasteiger partial charge >= 0.3 is 5.97 Å². The van der Waals surface area contributed by atoms with Crippen molar-refractivity contribution < 1.29 is 15.0 Å². The van der Waals surface area contributed by atoms with E-state index in [-0.39, 0.29) is 11.4 Å². The van der Waals surface area contributed by atoms with Gasteiger partial charge in [-0.25, -0.2) is 4.79 Å². The van der Waals surface area contributed by atoms with Crippen LogP contribution in [0.4, 0.5) is 5.82 Å². The van der Waals surface area contributed by atoms with Gasteiger partial charge in [-0.1, -0.05) is 36.4 Å². The number of aromatic carboxylic acids is 1. The molecule has 29 heavy (non-hydrogen) atoms. The van der Waals surface area contributed by atoms with E-state index < -0.39 is 5.97 Å². The predicted molar refractivity (Wildman–Crippen MR) is 110 cm³/mol. The van der Waals surface area contributed by atoms with Crippen molar-refractivity contribution in [1.29, 1.82) is 0 Å². The fraction of sp³-hybridized carbons (Fsp3) is 0.227. The van der Waals surface area contributed by atoms with Crippen LogP contribution in [0.5, 0.6) is 5.75 Å². The summed E-state index contributed by atoms with van der Waals surface area (Å²) >= 11 is 0. The fourth-order valence-corrected chi connectivity index (χ4v) is 3.60. The summed E-state index contributed by atoms with van der Waals surface area (Å²) in [5.41, 5.74) is 3.31. The standard InChI is InChI=1S/C22H22N4O3/c27-18-6-3-5-16(14-18)19-7-2-1-4-17(19)15-25-10-12-26(13-11-25)21-9-8-20(22(28)29)23-24-21/h1-9,14,27H,10-13,15H2,(H,28,29). The smallest absolute Gasteiger partial charge is 0.356 e. The van der Waals surface area contributed by atoms with Gasteiger partial charge in [0.2, 0.25) is 0 Å². The van der Waals surface area contributed by atoms with Gasteiger partial charge in [0.05, 0.1) is 0 Å². The Hall–Kier alpha value is -3.45. The zero-order valence-electron chi connectivity index (χ0n) is 15.9. The highest BCUT2D eigenvalue weighted by Gasteiger charge is 2.20. The first kappa shape index (κ1) is 18.9. The number of anilines is 1. The van der Waals surface area contributed by atoms with Crippen molar-refractivity contribution in [2.45, 2.75) is 6.54 Å². The lowest BCUT2D eigenvalue weighted by molar-refractivity contribution is 0.0689. The monoisotopic (exact) mass is 390 g/mol. The molecule has 3 aromatic rings. The van der Waals surface area contributed by atoms with Crippen LogP contribution >= 0.6 is 0 Å². The minimum absolute atomic E-state index is 0.0454. The Labute approximate surface area is 168 Å². The number of phenols is 1. The quantitative estimate of drug-likeness (QED) is 0.692. The van der Waals surface area contributed by atoms with Gasteiger partial charge in [0.15, 0.2) is 11.5 Å². The van der Waals surface area contributed by atoms with Crippen LogP contribution in [0.15, 0.2) is 60.7 Å². The summed E-state index contributed by atoms with van der Waals surface area (Å²) in [5, 5.41) is 26.6. The van der Waals surface area contributed by atoms with E-state index in [9.17, 15) is 9.90 Å². The molecule has 0 radical (unpaired) electrons. The topological polar surface area (TPSA) is 89.8 Å². The first-order valence-electron chi connectivity index (χ1n) is 9.52. The highest BCUT2D eigenvalue weighted by Crippen LogP contribution is 2.27. The second-order valence-corrected chi connectivity index (χ2v) is 7.05. The predicted octanol–water partition coefficient (Wildman–Crippen LogP) is 2.87. The molecule has 1 aliphatic rings. The van der Waals surface area contributed by atoms with Crippen molar-refractivity contribution in [2.24, 2.45) is 0 Å². The van der Waals surface area contributed by atoms with Gasteiger partial charge in [0.1, 0.15) is 5.75 Å². The number of piperazine rings is 1. The Balaban J connectivity index is 1.42. The number of carbonyl (C=O) groups is 1. The van der Waals surface area contributed by atoms with Crippen LogP contribution in [-0.2, 0) is 6.54 Å². The van der Waals surface area contributed by atoms with Gasteiger partial charge < -0.3 is 15.1 Å². The first-order chi connectivity index (χ1) is 14.1. The third-order valence-electron chi connectivity index (χ3n) is 5.13. The molecule has 4 rings (SSSR count). The second kappa shape index (κ2) is 8.28. The molecule has 0 aliphatic carbocycles. The molecule has 0 amide bonds. The summed E-state index contributed by atoms with van der Waals surface area (Å²) in [6.07, 6.45) is 0. The van der Waals surface area contributed by atoms with Crippen LogP contribution < -0.4 is 4.90 Å². The molecule has 0 atom stereocenters. The summed E-state index contributed by atoms with van der Waals surface area (Å²) in [6.45, 7) is 4.17. The molecule has 7 heteroatoms. The summed E-state index contributed by atoms with van der Waals surface area (Å²) in [4.78, 5) is 15.4. The maximum absolute atomic E-state index is 10.9. The maximum Gasteiger partial charge on any atom is 0.356 e. The van der Waals surface area contributed by atoms with E-state index in [4.69, 9.17) is 5.11 Å². The molecule has 148 valence electrons. The minimum Gasteiger partial charge on any atom is -0.508 e. The number of carboxylic acids is 1. The highest BCUT2D eigenvalue weighted by atomic mass is 16.4. The third-order valence-corrected chi connectivity index (χ3v) is 5.13. The molecule has 2 N–H and O–H groups in total. The van der Waals surface area contributed by atoms with Crippen molar-refractivity contribution in [3.05, 3.63) is 71.9 Å². The van der Waals surface area contributed by atoms with Crippen LogP contribution in [0.2, 0.25) is 0 Å². The Morgan fingerprint density at radius 1 is 0.931 bits per heavy atom. The molecule has 7 nitrogen and oxygen atoms in total. The van der Waals surface area contributed by atoms with Crippen LogP contribution in [0.25, 0.3) is 11.1 Å². The molecule has 1 fully saturated rings. The Bertz CT molecular complexity index is 999. The number of hydrogen-bond acceptors (Lipinski definition) is 6. The third kappa shape index (κ3) is 4.35. The highest BCUT2D eigenvalue weighted by molar-refractivity contribution is 5.85. The zero-order chi connectivity index (χ0) is 20.2. The van der Waals surface area contributed by atoms with E-state index in [1.807, 2.05) is 24.3 Å². The lowest BCUT2D eigenvalue weighted by Crippen LogP contribution is -2.46. The SMILES string of the molecule is O=C(O)c1ccc(N2CCN(Cc3ccccc3-c3cccc(O)c3)CC2)nn1. The number of phenolic OH excluding ortho intramolecular Hbond substituents is 1. The summed E-state index contributed by atoms with van der Waals surface area (Å²) in [6, 6.07) is 18.8. The zero-order valence-corrected chi connectivity index (χ0v) is 15.9. The normalized spacial score (nSPS) is 14.7. The van der Waals surface area contributed by atoms with Gasteiger partial charge in [-0.05, 0) is 41.0 Å². The molecule has 1 aromatic heterocycles. The molecule has 0 bridgehead atoms.